The monoisotopic (exact) mass is 322 g/mol. The van der Waals surface area contributed by atoms with Gasteiger partial charge in [0.05, 0.1) is 0 Å². The second-order valence-electron chi connectivity index (χ2n) is 6.24. The van der Waals surface area contributed by atoms with E-state index >= 15 is 0 Å². The first kappa shape index (κ1) is 16.2. The zero-order valence-electron chi connectivity index (χ0n) is 13.6. The molecule has 4 heteroatoms. The van der Waals surface area contributed by atoms with Crippen LogP contribution in [-0.4, -0.2) is 18.4 Å². The number of amides is 2. The lowest BCUT2D eigenvalue weighted by Gasteiger charge is -2.15. The van der Waals surface area contributed by atoms with Crippen LogP contribution in [0.25, 0.3) is 0 Å². The van der Waals surface area contributed by atoms with Gasteiger partial charge in [0, 0.05) is 13.1 Å². The Kier molecular flexibility index (Phi) is 4.94. The maximum absolute atomic E-state index is 12.4. The van der Waals surface area contributed by atoms with Gasteiger partial charge in [0.2, 0.25) is 11.8 Å². The van der Waals surface area contributed by atoms with Crippen LogP contribution in [0.5, 0.6) is 0 Å². The van der Waals surface area contributed by atoms with Gasteiger partial charge in [-0.2, -0.15) is 0 Å². The number of hydrogen-bond acceptors (Lipinski definition) is 2. The van der Waals surface area contributed by atoms with Gasteiger partial charge in [0.25, 0.3) is 0 Å². The van der Waals surface area contributed by atoms with E-state index in [2.05, 4.69) is 10.6 Å². The number of nitrogens with one attached hydrogen (secondary N) is 2. The topological polar surface area (TPSA) is 58.2 Å². The van der Waals surface area contributed by atoms with Crippen molar-refractivity contribution in [2.75, 3.05) is 6.54 Å². The molecule has 0 aromatic heterocycles. The Hall–Kier alpha value is -2.62. The van der Waals surface area contributed by atoms with Gasteiger partial charge in [0.1, 0.15) is 5.41 Å². The molecule has 0 bridgehead atoms. The number of carbonyl (C=O) groups excluding carboxylic acids is 2. The number of benzene rings is 2. The van der Waals surface area contributed by atoms with Crippen LogP contribution in [0, 0.1) is 5.41 Å². The maximum atomic E-state index is 12.4. The number of carbonyl (C=O) groups is 2. The first-order valence-electron chi connectivity index (χ1n) is 8.35. The van der Waals surface area contributed by atoms with Crippen molar-refractivity contribution in [1.82, 2.24) is 10.6 Å². The van der Waals surface area contributed by atoms with Crippen molar-refractivity contribution < 1.29 is 9.59 Å². The van der Waals surface area contributed by atoms with Crippen molar-refractivity contribution in [2.45, 2.75) is 25.8 Å². The molecule has 0 aliphatic heterocycles. The third-order valence-corrected chi connectivity index (χ3v) is 4.46. The summed E-state index contributed by atoms with van der Waals surface area (Å²) in [6.45, 7) is 1.01. The Morgan fingerprint density at radius 3 is 1.92 bits per heavy atom. The van der Waals surface area contributed by atoms with Crippen LogP contribution in [-0.2, 0) is 22.6 Å². The van der Waals surface area contributed by atoms with Crippen molar-refractivity contribution >= 4 is 11.8 Å². The molecule has 0 atom stereocenters. The third kappa shape index (κ3) is 3.82. The van der Waals surface area contributed by atoms with Crippen molar-refractivity contribution in [2.24, 2.45) is 5.41 Å². The first-order valence-corrected chi connectivity index (χ1v) is 8.35. The fourth-order valence-electron chi connectivity index (χ4n) is 2.76. The van der Waals surface area contributed by atoms with Crippen LogP contribution in [0.2, 0.25) is 0 Å². The molecule has 1 saturated carbocycles. The van der Waals surface area contributed by atoms with Crippen molar-refractivity contribution in [1.29, 1.82) is 0 Å². The Balaban J connectivity index is 1.47. The summed E-state index contributed by atoms with van der Waals surface area (Å²) in [5, 5.41) is 5.80. The van der Waals surface area contributed by atoms with Gasteiger partial charge in [-0.3, -0.25) is 9.59 Å². The summed E-state index contributed by atoms with van der Waals surface area (Å²) < 4.78 is 0. The lowest BCUT2D eigenvalue weighted by atomic mass is 10.0. The van der Waals surface area contributed by atoms with E-state index in [0.717, 1.165) is 12.0 Å². The van der Waals surface area contributed by atoms with Gasteiger partial charge in [-0.1, -0.05) is 60.7 Å². The Labute approximate surface area is 142 Å². The minimum absolute atomic E-state index is 0.149. The average Bonchev–Trinajstić information content (AvgIpc) is 3.43. The summed E-state index contributed by atoms with van der Waals surface area (Å²) in [6.07, 6.45) is 2.03. The molecule has 24 heavy (non-hydrogen) atoms. The second-order valence-corrected chi connectivity index (χ2v) is 6.24. The molecule has 124 valence electrons. The highest BCUT2D eigenvalue weighted by atomic mass is 16.2. The molecule has 2 N–H and O–H groups in total. The fraction of sp³-hybridized carbons (Fsp3) is 0.300. The first-order chi connectivity index (χ1) is 11.7. The maximum Gasteiger partial charge on any atom is 0.235 e. The van der Waals surface area contributed by atoms with Crippen LogP contribution >= 0.6 is 0 Å². The van der Waals surface area contributed by atoms with Crippen molar-refractivity contribution in [3.8, 4) is 0 Å². The third-order valence-electron chi connectivity index (χ3n) is 4.46. The molecule has 1 aliphatic rings. The van der Waals surface area contributed by atoms with Gasteiger partial charge < -0.3 is 10.6 Å². The zero-order valence-corrected chi connectivity index (χ0v) is 13.6. The molecule has 2 aromatic rings. The summed E-state index contributed by atoms with van der Waals surface area (Å²) in [5.41, 5.74) is 1.35. The fourth-order valence-corrected chi connectivity index (χ4v) is 2.76. The van der Waals surface area contributed by atoms with Crippen LogP contribution in [0.1, 0.15) is 24.0 Å². The summed E-state index contributed by atoms with van der Waals surface area (Å²) >= 11 is 0. The molecule has 0 unspecified atom stereocenters. The summed E-state index contributed by atoms with van der Waals surface area (Å²) in [5.74, 6) is -0.312. The summed E-state index contributed by atoms with van der Waals surface area (Å²) in [7, 11) is 0. The molecule has 3 rings (SSSR count). The molecule has 2 aromatic carbocycles. The van der Waals surface area contributed by atoms with Crippen LogP contribution in [0.15, 0.2) is 60.7 Å². The highest BCUT2D eigenvalue weighted by Gasteiger charge is 2.56. The molecule has 0 heterocycles. The zero-order chi connectivity index (χ0) is 16.8. The Morgan fingerprint density at radius 2 is 1.33 bits per heavy atom. The highest BCUT2D eigenvalue weighted by Crippen LogP contribution is 2.46. The minimum Gasteiger partial charge on any atom is -0.355 e. The molecule has 0 saturated heterocycles. The highest BCUT2D eigenvalue weighted by molar-refractivity contribution is 6.07. The van der Waals surface area contributed by atoms with Crippen LogP contribution in [0.3, 0.4) is 0 Å². The van der Waals surface area contributed by atoms with Gasteiger partial charge in [-0.05, 0) is 30.4 Å². The molecule has 1 aliphatic carbocycles. The summed E-state index contributed by atoms with van der Waals surface area (Å²) in [4.78, 5) is 24.8. The van der Waals surface area contributed by atoms with E-state index in [1.807, 2.05) is 60.7 Å². The van der Waals surface area contributed by atoms with Gasteiger partial charge >= 0.3 is 0 Å². The lowest BCUT2D eigenvalue weighted by Crippen LogP contribution is -2.43. The van der Waals surface area contributed by atoms with Gasteiger partial charge in [-0.25, -0.2) is 0 Å². The van der Waals surface area contributed by atoms with E-state index in [1.165, 1.54) is 5.56 Å². The lowest BCUT2D eigenvalue weighted by molar-refractivity contribution is -0.137. The minimum atomic E-state index is -0.856. The molecular weight excluding hydrogens is 300 g/mol. The van der Waals surface area contributed by atoms with Crippen LogP contribution in [0.4, 0.5) is 0 Å². The predicted octanol–water partition coefficient (Wildman–Crippen LogP) is 2.44. The van der Waals surface area contributed by atoms with Crippen LogP contribution < -0.4 is 10.6 Å². The standard InChI is InChI=1S/C20H22N2O2/c23-18(21-14-11-16-7-3-1-4-8-16)20(12-13-20)19(24)22-15-17-9-5-2-6-10-17/h1-10H,11-15H2,(H,21,23)(H,22,24). The molecular formula is C20H22N2O2. The van der Waals surface area contributed by atoms with Crippen molar-refractivity contribution in [3.63, 3.8) is 0 Å². The smallest absolute Gasteiger partial charge is 0.235 e. The Morgan fingerprint density at radius 1 is 0.792 bits per heavy atom. The molecule has 4 nitrogen and oxygen atoms in total. The number of hydrogen-bond donors (Lipinski definition) is 2. The normalized spacial score (nSPS) is 14.7. The Bertz CT molecular complexity index is 694. The SMILES string of the molecule is O=C(NCCc1ccccc1)C1(C(=O)NCc2ccccc2)CC1. The molecule has 0 spiro atoms. The van der Waals surface area contributed by atoms with E-state index in [-0.39, 0.29) is 11.8 Å². The number of rotatable bonds is 7. The van der Waals surface area contributed by atoms with E-state index in [4.69, 9.17) is 0 Å². The van der Waals surface area contributed by atoms with Gasteiger partial charge in [0.15, 0.2) is 0 Å². The predicted molar refractivity (Wildman–Crippen MR) is 93.1 cm³/mol. The van der Waals surface area contributed by atoms with E-state index in [0.29, 0.717) is 25.9 Å². The van der Waals surface area contributed by atoms with Crippen molar-refractivity contribution in [3.05, 3.63) is 71.8 Å². The van der Waals surface area contributed by atoms with E-state index in [1.54, 1.807) is 0 Å². The molecule has 0 radical (unpaired) electrons. The van der Waals surface area contributed by atoms with Gasteiger partial charge in [-0.15, -0.1) is 0 Å². The molecule has 2 amide bonds. The quantitative estimate of drug-likeness (QED) is 0.769. The summed E-state index contributed by atoms with van der Waals surface area (Å²) in [6, 6.07) is 19.7. The molecule has 1 fully saturated rings. The second kappa shape index (κ2) is 7.30. The van der Waals surface area contributed by atoms with E-state index in [9.17, 15) is 9.59 Å². The largest absolute Gasteiger partial charge is 0.355 e. The average molecular weight is 322 g/mol. The van der Waals surface area contributed by atoms with E-state index < -0.39 is 5.41 Å².